The van der Waals surface area contributed by atoms with Crippen LogP contribution >= 0.6 is 0 Å². The van der Waals surface area contributed by atoms with E-state index < -0.39 is 6.10 Å². The van der Waals surface area contributed by atoms with Crippen LogP contribution in [0.1, 0.15) is 45.4 Å². The van der Waals surface area contributed by atoms with Crippen LogP contribution in [0.5, 0.6) is 0 Å². The second-order valence-electron chi connectivity index (χ2n) is 6.04. The van der Waals surface area contributed by atoms with Crippen molar-refractivity contribution in [1.82, 2.24) is 10.2 Å². The molecule has 1 aliphatic heterocycles. The van der Waals surface area contributed by atoms with Gasteiger partial charge in [-0.3, -0.25) is 0 Å². The molecule has 2 rings (SSSR count). The first-order valence-electron chi connectivity index (χ1n) is 8.17. The van der Waals surface area contributed by atoms with Crippen LogP contribution in [-0.4, -0.2) is 54.5 Å². The highest BCUT2D eigenvalue weighted by molar-refractivity contribution is 5.74. The molecule has 0 aromatic carbocycles. The number of hydrogen-bond acceptors (Lipinski definition) is 3. The summed E-state index contributed by atoms with van der Waals surface area (Å²) in [5.41, 5.74) is 1.48. The summed E-state index contributed by atoms with van der Waals surface area (Å²) in [5, 5.41) is 12.5. The fourth-order valence-corrected chi connectivity index (χ4v) is 2.90. The van der Waals surface area contributed by atoms with Gasteiger partial charge in [-0.05, 0) is 39.0 Å². The third-order valence-electron chi connectivity index (χ3n) is 4.28. The first-order valence-corrected chi connectivity index (χ1v) is 8.17. The number of carbonyl (C=O) groups excluding carboxylic acids is 1. The van der Waals surface area contributed by atoms with Gasteiger partial charge in [0.15, 0.2) is 0 Å². The number of ether oxygens (including phenoxy) is 1. The molecule has 120 valence electrons. The fourth-order valence-electron chi connectivity index (χ4n) is 2.90. The zero-order valence-corrected chi connectivity index (χ0v) is 13.0. The summed E-state index contributed by atoms with van der Waals surface area (Å²) < 4.78 is 5.45. The predicted octanol–water partition coefficient (Wildman–Crippen LogP) is 2.06. The smallest absolute Gasteiger partial charge is 0.317 e. The van der Waals surface area contributed by atoms with Crippen molar-refractivity contribution in [3.63, 3.8) is 0 Å². The highest BCUT2D eigenvalue weighted by Gasteiger charge is 2.26. The maximum absolute atomic E-state index is 12.1. The number of aliphatic hydroxyl groups excluding tert-OH is 1. The van der Waals surface area contributed by atoms with Crippen LogP contribution in [0.15, 0.2) is 11.6 Å². The van der Waals surface area contributed by atoms with Gasteiger partial charge in [-0.1, -0.05) is 18.1 Å². The topological polar surface area (TPSA) is 61.8 Å². The molecule has 1 aliphatic carbocycles. The number of carbonyl (C=O) groups is 1. The molecule has 5 nitrogen and oxygen atoms in total. The van der Waals surface area contributed by atoms with Gasteiger partial charge < -0.3 is 20.1 Å². The lowest BCUT2D eigenvalue weighted by Crippen LogP contribution is -2.52. The van der Waals surface area contributed by atoms with Crippen molar-refractivity contribution in [3.05, 3.63) is 11.6 Å². The third-order valence-corrected chi connectivity index (χ3v) is 4.28. The normalized spacial score (nSPS) is 25.0. The van der Waals surface area contributed by atoms with Crippen molar-refractivity contribution >= 4 is 6.03 Å². The van der Waals surface area contributed by atoms with E-state index in [4.69, 9.17) is 4.74 Å². The maximum Gasteiger partial charge on any atom is 0.317 e. The molecule has 5 heteroatoms. The molecule has 2 aliphatic rings. The second-order valence-corrected chi connectivity index (χ2v) is 6.04. The Morgan fingerprint density at radius 3 is 3.19 bits per heavy atom. The molecule has 1 fully saturated rings. The molecule has 2 atom stereocenters. The van der Waals surface area contributed by atoms with Crippen molar-refractivity contribution in [2.75, 3.05) is 26.2 Å². The predicted molar refractivity (Wildman–Crippen MR) is 82.2 cm³/mol. The number of nitrogens with one attached hydrogen (secondary N) is 1. The van der Waals surface area contributed by atoms with E-state index in [2.05, 4.69) is 11.4 Å². The van der Waals surface area contributed by atoms with Crippen LogP contribution in [0.4, 0.5) is 4.79 Å². The molecule has 21 heavy (non-hydrogen) atoms. The monoisotopic (exact) mass is 296 g/mol. The number of aliphatic hydroxyl groups is 1. The molecule has 1 heterocycles. The van der Waals surface area contributed by atoms with Crippen molar-refractivity contribution in [3.8, 4) is 0 Å². The van der Waals surface area contributed by atoms with Gasteiger partial charge in [0.2, 0.25) is 0 Å². The van der Waals surface area contributed by atoms with E-state index >= 15 is 0 Å². The summed E-state index contributed by atoms with van der Waals surface area (Å²) in [6.07, 6.45) is 8.74. The van der Waals surface area contributed by atoms with Crippen LogP contribution in [0.25, 0.3) is 0 Å². The van der Waals surface area contributed by atoms with Gasteiger partial charge in [0, 0.05) is 13.1 Å². The Kier molecular flexibility index (Phi) is 6.51. The molecular formula is C16H28N2O3. The quantitative estimate of drug-likeness (QED) is 0.781. The van der Waals surface area contributed by atoms with E-state index in [1.54, 1.807) is 11.8 Å². The summed E-state index contributed by atoms with van der Waals surface area (Å²) in [4.78, 5) is 13.9. The molecule has 0 aromatic heterocycles. The average molecular weight is 296 g/mol. The van der Waals surface area contributed by atoms with Crippen molar-refractivity contribution < 1.29 is 14.6 Å². The lowest BCUT2D eigenvalue weighted by Gasteiger charge is -2.34. The van der Waals surface area contributed by atoms with E-state index in [0.717, 1.165) is 6.42 Å². The average Bonchev–Trinajstić information content (AvgIpc) is 2.76. The molecule has 2 amide bonds. The van der Waals surface area contributed by atoms with Crippen LogP contribution in [-0.2, 0) is 4.74 Å². The van der Waals surface area contributed by atoms with Crippen molar-refractivity contribution in [2.45, 2.75) is 57.7 Å². The number of amides is 2. The Balaban J connectivity index is 1.70. The molecule has 0 bridgehead atoms. The lowest BCUT2D eigenvalue weighted by atomic mass is 10.1. The first kappa shape index (κ1) is 16.3. The summed E-state index contributed by atoms with van der Waals surface area (Å²) in [6.45, 7) is 3.95. The summed E-state index contributed by atoms with van der Waals surface area (Å²) in [6, 6.07) is -0.0434. The Bertz CT molecular complexity index is 369. The van der Waals surface area contributed by atoms with Crippen LogP contribution in [0, 0.1) is 0 Å². The number of nitrogens with zero attached hydrogens (tertiary/aromatic N) is 1. The Morgan fingerprint density at radius 1 is 1.52 bits per heavy atom. The SMILES string of the molecule is CC(O)C1CN(C(=O)NCCC2=CCCCCC2)CCO1. The van der Waals surface area contributed by atoms with Crippen LogP contribution in [0.3, 0.4) is 0 Å². The molecule has 0 radical (unpaired) electrons. The van der Waals surface area contributed by atoms with Crippen LogP contribution < -0.4 is 5.32 Å². The highest BCUT2D eigenvalue weighted by atomic mass is 16.5. The van der Waals surface area contributed by atoms with E-state index in [9.17, 15) is 9.90 Å². The lowest BCUT2D eigenvalue weighted by molar-refractivity contribution is -0.0719. The number of urea groups is 1. The number of hydrogen-bond donors (Lipinski definition) is 2. The van der Waals surface area contributed by atoms with E-state index in [-0.39, 0.29) is 12.1 Å². The molecule has 0 spiro atoms. The van der Waals surface area contributed by atoms with Gasteiger partial charge in [-0.2, -0.15) is 0 Å². The largest absolute Gasteiger partial charge is 0.391 e. The minimum Gasteiger partial charge on any atom is -0.391 e. The molecule has 2 N–H and O–H groups in total. The number of morpholine rings is 1. The second kappa shape index (κ2) is 8.39. The molecular weight excluding hydrogens is 268 g/mol. The van der Waals surface area contributed by atoms with Crippen molar-refractivity contribution in [2.24, 2.45) is 0 Å². The first-order chi connectivity index (χ1) is 10.2. The van der Waals surface area contributed by atoms with Crippen LogP contribution in [0.2, 0.25) is 0 Å². The van der Waals surface area contributed by atoms with E-state index in [1.165, 1.54) is 37.7 Å². The standard InChI is InChI=1S/C16H28N2O3/c1-13(19)15-12-18(10-11-21-15)16(20)17-9-8-14-6-4-2-3-5-7-14/h6,13,15,19H,2-5,7-12H2,1H3,(H,17,20). The summed E-state index contributed by atoms with van der Waals surface area (Å²) >= 11 is 0. The molecule has 2 unspecified atom stereocenters. The van der Waals surface area contributed by atoms with E-state index in [1.807, 2.05) is 0 Å². The van der Waals surface area contributed by atoms with Gasteiger partial charge in [-0.15, -0.1) is 0 Å². The Morgan fingerprint density at radius 2 is 2.38 bits per heavy atom. The van der Waals surface area contributed by atoms with Gasteiger partial charge in [0.25, 0.3) is 0 Å². The van der Waals surface area contributed by atoms with Gasteiger partial charge in [0.1, 0.15) is 6.10 Å². The fraction of sp³-hybridized carbons (Fsp3) is 0.812. The zero-order valence-electron chi connectivity index (χ0n) is 13.0. The highest BCUT2D eigenvalue weighted by Crippen LogP contribution is 2.19. The minimum absolute atomic E-state index is 0.0434. The molecule has 1 saturated heterocycles. The van der Waals surface area contributed by atoms with Gasteiger partial charge in [0.05, 0.1) is 19.3 Å². The third kappa shape index (κ3) is 5.32. The maximum atomic E-state index is 12.1. The zero-order chi connectivity index (χ0) is 15.1. The Labute approximate surface area is 127 Å². The molecule has 0 aromatic rings. The van der Waals surface area contributed by atoms with Gasteiger partial charge in [-0.25, -0.2) is 4.79 Å². The number of allylic oxidation sites excluding steroid dienone is 1. The van der Waals surface area contributed by atoms with Gasteiger partial charge >= 0.3 is 6.03 Å². The molecule has 0 saturated carbocycles. The summed E-state index contributed by atoms with van der Waals surface area (Å²) in [7, 11) is 0. The summed E-state index contributed by atoms with van der Waals surface area (Å²) in [5.74, 6) is 0. The van der Waals surface area contributed by atoms with E-state index in [0.29, 0.717) is 26.2 Å². The Hall–Kier alpha value is -1.07. The number of rotatable bonds is 4. The van der Waals surface area contributed by atoms with Crippen molar-refractivity contribution in [1.29, 1.82) is 0 Å². The minimum atomic E-state index is -0.545.